The maximum Gasteiger partial charge on any atom is 0.271 e. The Morgan fingerprint density at radius 3 is 2.29 bits per heavy atom. The molecule has 0 atom stereocenters. The van der Waals surface area contributed by atoms with Crippen LogP contribution in [-0.2, 0) is 4.79 Å². The van der Waals surface area contributed by atoms with Gasteiger partial charge in [0.1, 0.15) is 12.0 Å². The molecule has 2 N–H and O–H groups in total. The van der Waals surface area contributed by atoms with E-state index in [-0.39, 0.29) is 29.1 Å². The second-order valence-electron chi connectivity index (χ2n) is 7.94. The number of benzene rings is 1. The molecule has 1 aromatic carbocycles. The summed E-state index contributed by atoms with van der Waals surface area (Å²) >= 11 is 0. The van der Waals surface area contributed by atoms with E-state index in [0.717, 1.165) is 18.4 Å². The molecule has 2 aromatic heterocycles. The van der Waals surface area contributed by atoms with Gasteiger partial charge in [-0.1, -0.05) is 30.3 Å². The molecule has 0 radical (unpaired) electrons. The summed E-state index contributed by atoms with van der Waals surface area (Å²) < 4.78 is 1.51. The normalized spacial score (nSPS) is 16.5. The molecule has 9 nitrogen and oxygen atoms in total. The number of carbonyl (C=O) groups excluding carboxylic acids is 3. The van der Waals surface area contributed by atoms with Crippen molar-refractivity contribution in [1.29, 1.82) is 0 Å². The number of aromatic nitrogens is 3. The highest BCUT2D eigenvalue weighted by molar-refractivity contribution is 5.99. The summed E-state index contributed by atoms with van der Waals surface area (Å²) in [6, 6.07) is 11.1. The van der Waals surface area contributed by atoms with Crippen LogP contribution in [0.5, 0.6) is 0 Å². The van der Waals surface area contributed by atoms with Gasteiger partial charge in [-0.3, -0.25) is 18.8 Å². The van der Waals surface area contributed by atoms with Crippen molar-refractivity contribution in [3.8, 4) is 11.3 Å². The summed E-state index contributed by atoms with van der Waals surface area (Å²) in [5.74, 6) is -0.526. The molecule has 2 fully saturated rings. The van der Waals surface area contributed by atoms with Crippen LogP contribution in [0.3, 0.4) is 0 Å². The summed E-state index contributed by atoms with van der Waals surface area (Å²) in [5.41, 5.74) is 7.46. The van der Waals surface area contributed by atoms with Crippen molar-refractivity contribution in [1.82, 2.24) is 24.2 Å². The minimum Gasteiger partial charge on any atom is -0.364 e. The topological polar surface area (TPSA) is 114 Å². The molecule has 3 amide bonds. The van der Waals surface area contributed by atoms with E-state index in [4.69, 9.17) is 5.73 Å². The van der Waals surface area contributed by atoms with Crippen LogP contribution in [0.25, 0.3) is 16.9 Å². The van der Waals surface area contributed by atoms with Gasteiger partial charge in [-0.2, -0.15) is 0 Å². The van der Waals surface area contributed by atoms with Crippen molar-refractivity contribution < 1.29 is 14.4 Å². The first-order chi connectivity index (χ1) is 15.0. The van der Waals surface area contributed by atoms with Crippen LogP contribution in [0.2, 0.25) is 0 Å². The average Bonchev–Trinajstić information content (AvgIpc) is 3.56. The maximum atomic E-state index is 13.4. The van der Waals surface area contributed by atoms with Crippen molar-refractivity contribution in [2.75, 3.05) is 26.2 Å². The first kappa shape index (κ1) is 19.2. The smallest absolute Gasteiger partial charge is 0.271 e. The van der Waals surface area contributed by atoms with E-state index in [1.807, 2.05) is 35.2 Å². The van der Waals surface area contributed by atoms with E-state index in [1.54, 1.807) is 11.0 Å². The van der Waals surface area contributed by atoms with Crippen molar-refractivity contribution in [3.05, 3.63) is 54.1 Å². The Hall–Kier alpha value is -3.75. The summed E-state index contributed by atoms with van der Waals surface area (Å²) in [5, 5.41) is 0. The minimum absolute atomic E-state index is 0.0201. The zero-order valence-electron chi connectivity index (χ0n) is 16.9. The Kier molecular flexibility index (Phi) is 4.65. The highest BCUT2D eigenvalue weighted by atomic mass is 16.2. The molecule has 5 rings (SSSR count). The second kappa shape index (κ2) is 7.50. The summed E-state index contributed by atoms with van der Waals surface area (Å²) in [7, 11) is 0. The molecule has 1 aliphatic carbocycles. The van der Waals surface area contributed by atoms with Gasteiger partial charge in [0.05, 0.1) is 5.69 Å². The Morgan fingerprint density at radius 1 is 0.968 bits per heavy atom. The molecule has 3 heterocycles. The fraction of sp³-hybridized carbons (Fsp3) is 0.318. The van der Waals surface area contributed by atoms with Crippen molar-refractivity contribution in [2.45, 2.75) is 12.8 Å². The molecule has 2 aliphatic rings. The van der Waals surface area contributed by atoms with Crippen molar-refractivity contribution in [2.24, 2.45) is 11.7 Å². The fourth-order valence-electron chi connectivity index (χ4n) is 3.95. The highest BCUT2D eigenvalue weighted by Crippen LogP contribution is 2.31. The number of carbonyl (C=O) groups is 3. The number of imidazole rings is 1. The Balaban J connectivity index is 1.49. The van der Waals surface area contributed by atoms with Gasteiger partial charge in [0.2, 0.25) is 5.91 Å². The van der Waals surface area contributed by atoms with Crippen molar-refractivity contribution >= 4 is 23.4 Å². The predicted octanol–water partition coefficient (Wildman–Crippen LogP) is 1.19. The van der Waals surface area contributed by atoms with Gasteiger partial charge in [-0.25, -0.2) is 9.97 Å². The Morgan fingerprint density at radius 2 is 1.65 bits per heavy atom. The highest BCUT2D eigenvalue weighted by Gasteiger charge is 2.35. The molecule has 9 heteroatoms. The molecular weight excluding hydrogens is 396 g/mol. The third kappa shape index (κ3) is 3.52. The Bertz CT molecular complexity index is 1180. The van der Waals surface area contributed by atoms with E-state index in [2.05, 4.69) is 9.97 Å². The number of rotatable bonds is 4. The van der Waals surface area contributed by atoms with E-state index in [9.17, 15) is 14.4 Å². The molecule has 0 bridgehead atoms. The van der Waals surface area contributed by atoms with Gasteiger partial charge < -0.3 is 15.5 Å². The fourth-order valence-corrected chi connectivity index (χ4v) is 3.95. The average molecular weight is 418 g/mol. The lowest BCUT2D eigenvalue weighted by molar-refractivity contribution is -0.134. The molecule has 0 unspecified atom stereocenters. The number of nitrogens with two attached hydrogens (primary N) is 1. The lowest BCUT2D eigenvalue weighted by atomic mass is 10.1. The van der Waals surface area contributed by atoms with E-state index in [1.165, 1.54) is 10.7 Å². The molecular formula is C22H22N6O3. The zero-order chi connectivity index (χ0) is 21.5. The van der Waals surface area contributed by atoms with Crippen LogP contribution in [0.1, 0.15) is 33.8 Å². The number of fused-ring (bicyclic) bond motifs is 1. The largest absolute Gasteiger partial charge is 0.364 e. The van der Waals surface area contributed by atoms with Gasteiger partial charge in [-0.15, -0.1) is 0 Å². The first-order valence-electron chi connectivity index (χ1n) is 10.3. The van der Waals surface area contributed by atoms with Gasteiger partial charge >= 0.3 is 0 Å². The van der Waals surface area contributed by atoms with E-state index < -0.39 is 5.91 Å². The monoisotopic (exact) mass is 418 g/mol. The minimum atomic E-state index is -0.703. The lowest BCUT2D eigenvalue weighted by Gasteiger charge is -2.35. The zero-order valence-corrected chi connectivity index (χ0v) is 16.9. The van der Waals surface area contributed by atoms with Crippen molar-refractivity contribution in [3.63, 3.8) is 0 Å². The molecule has 1 saturated carbocycles. The van der Waals surface area contributed by atoms with Gasteiger partial charge in [0, 0.05) is 37.7 Å². The van der Waals surface area contributed by atoms with Gasteiger partial charge in [-0.05, 0) is 18.9 Å². The molecule has 1 aliphatic heterocycles. The molecule has 158 valence electrons. The number of hydrogen-bond donors (Lipinski definition) is 1. The van der Waals surface area contributed by atoms with Crippen LogP contribution in [0.15, 0.2) is 42.7 Å². The molecule has 3 aromatic rings. The quantitative estimate of drug-likeness (QED) is 0.684. The SMILES string of the molecule is NC(=O)c1ncn2c(C(=O)N3CCN(C(=O)C4CC4)CC3)cc(-c3ccccc3)nc12. The standard InChI is InChI=1S/C22H22N6O3/c23-19(29)18-20-25-16(14-4-2-1-3-5-14)12-17(28(20)13-24-18)22(31)27-10-8-26(9-11-27)21(30)15-6-7-15/h1-5,12-13,15H,6-11H2,(H2,23,29). The van der Waals surface area contributed by atoms with Crippen LogP contribution < -0.4 is 5.73 Å². The summed E-state index contributed by atoms with van der Waals surface area (Å²) in [6.07, 6.45) is 3.34. The van der Waals surface area contributed by atoms with E-state index >= 15 is 0 Å². The van der Waals surface area contributed by atoms with Crippen LogP contribution in [0.4, 0.5) is 0 Å². The maximum absolute atomic E-state index is 13.4. The van der Waals surface area contributed by atoms with Crippen LogP contribution >= 0.6 is 0 Å². The number of primary amides is 1. The third-order valence-electron chi connectivity index (χ3n) is 5.83. The Labute approximate surface area is 178 Å². The first-order valence-corrected chi connectivity index (χ1v) is 10.3. The summed E-state index contributed by atoms with van der Waals surface area (Å²) in [6.45, 7) is 1.97. The van der Waals surface area contributed by atoms with Gasteiger partial charge in [0.15, 0.2) is 11.3 Å². The van der Waals surface area contributed by atoms with Crippen LogP contribution in [-0.4, -0.2) is 68.1 Å². The second-order valence-corrected chi connectivity index (χ2v) is 7.94. The number of piperazine rings is 1. The number of hydrogen-bond acceptors (Lipinski definition) is 5. The molecule has 1 saturated heterocycles. The van der Waals surface area contributed by atoms with Gasteiger partial charge in [0.25, 0.3) is 11.8 Å². The summed E-state index contributed by atoms with van der Waals surface area (Å²) in [4.78, 5) is 49.8. The predicted molar refractivity (Wildman–Crippen MR) is 112 cm³/mol. The number of amides is 3. The van der Waals surface area contributed by atoms with E-state index in [0.29, 0.717) is 37.6 Å². The molecule has 0 spiro atoms. The number of nitrogens with zero attached hydrogens (tertiary/aromatic N) is 5. The van der Waals surface area contributed by atoms with Crippen LogP contribution in [0, 0.1) is 5.92 Å². The lowest BCUT2D eigenvalue weighted by Crippen LogP contribution is -2.51. The third-order valence-corrected chi connectivity index (χ3v) is 5.83. The molecule has 31 heavy (non-hydrogen) atoms.